The summed E-state index contributed by atoms with van der Waals surface area (Å²) in [5.74, 6) is 1.38. The lowest BCUT2D eigenvalue weighted by atomic mass is 10.1. The van der Waals surface area contributed by atoms with Crippen molar-refractivity contribution in [3.05, 3.63) is 53.7 Å². The Morgan fingerprint density at radius 1 is 1.24 bits per heavy atom. The lowest BCUT2D eigenvalue weighted by Gasteiger charge is -2.11. The molecule has 1 aromatic carbocycles. The highest BCUT2D eigenvalue weighted by Gasteiger charge is 2.06. The van der Waals surface area contributed by atoms with Crippen molar-refractivity contribution in [3.63, 3.8) is 0 Å². The van der Waals surface area contributed by atoms with Gasteiger partial charge in [0.15, 0.2) is 0 Å². The molecule has 3 heteroatoms. The van der Waals surface area contributed by atoms with Crippen LogP contribution in [0, 0.1) is 6.92 Å². The fourth-order valence-corrected chi connectivity index (χ4v) is 1.68. The smallest absolute Gasteiger partial charge is 0.219 e. The van der Waals surface area contributed by atoms with Gasteiger partial charge in [-0.05, 0) is 37.1 Å². The van der Waals surface area contributed by atoms with E-state index in [-0.39, 0.29) is 6.04 Å². The van der Waals surface area contributed by atoms with Crippen molar-refractivity contribution < 1.29 is 4.74 Å². The Labute approximate surface area is 101 Å². The van der Waals surface area contributed by atoms with E-state index in [2.05, 4.69) is 4.98 Å². The molecule has 0 spiro atoms. The van der Waals surface area contributed by atoms with E-state index in [0.717, 1.165) is 16.9 Å². The zero-order valence-electron chi connectivity index (χ0n) is 10.1. The van der Waals surface area contributed by atoms with E-state index in [1.165, 1.54) is 0 Å². The first-order chi connectivity index (χ1) is 8.16. The fourth-order valence-electron chi connectivity index (χ4n) is 1.68. The number of aromatic nitrogens is 1. The minimum atomic E-state index is -0.00623. The molecule has 0 saturated carbocycles. The first-order valence-electron chi connectivity index (χ1n) is 5.62. The van der Waals surface area contributed by atoms with Gasteiger partial charge in [0.1, 0.15) is 5.75 Å². The van der Waals surface area contributed by atoms with Crippen molar-refractivity contribution in [2.24, 2.45) is 5.73 Å². The number of hydrogen-bond acceptors (Lipinski definition) is 3. The second-order valence-electron chi connectivity index (χ2n) is 4.08. The number of ether oxygens (including phenoxy) is 1. The second kappa shape index (κ2) is 4.97. The van der Waals surface area contributed by atoms with Crippen LogP contribution in [-0.4, -0.2) is 4.98 Å². The Morgan fingerprint density at radius 2 is 1.94 bits per heavy atom. The molecule has 1 heterocycles. The van der Waals surface area contributed by atoms with Crippen LogP contribution < -0.4 is 10.5 Å². The van der Waals surface area contributed by atoms with Gasteiger partial charge in [0.25, 0.3) is 0 Å². The Morgan fingerprint density at radius 3 is 2.53 bits per heavy atom. The van der Waals surface area contributed by atoms with E-state index in [9.17, 15) is 0 Å². The summed E-state index contributed by atoms with van der Waals surface area (Å²) in [5.41, 5.74) is 7.98. The molecule has 88 valence electrons. The largest absolute Gasteiger partial charge is 0.439 e. The minimum absolute atomic E-state index is 0.00623. The van der Waals surface area contributed by atoms with Crippen molar-refractivity contribution in [3.8, 4) is 11.6 Å². The summed E-state index contributed by atoms with van der Waals surface area (Å²) in [7, 11) is 0. The number of para-hydroxylation sites is 1. The number of nitrogens with zero attached hydrogens (tertiary/aromatic N) is 1. The van der Waals surface area contributed by atoms with Crippen molar-refractivity contribution in [2.45, 2.75) is 19.9 Å². The Kier molecular flexibility index (Phi) is 3.40. The van der Waals surface area contributed by atoms with Crippen molar-refractivity contribution >= 4 is 0 Å². The first-order valence-corrected chi connectivity index (χ1v) is 5.62. The summed E-state index contributed by atoms with van der Waals surface area (Å²) in [4.78, 5) is 4.25. The van der Waals surface area contributed by atoms with E-state index in [1.807, 2.05) is 50.2 Å². The van der Waals surface area contributed by atoms with Gasteiger partial charge in [-0.1, -0.05) is 18.2 Å². The number of benzene rings is 1. The van der Waals surface area contributed by atoms with E-state index < -0.39 is 0 Å². The van der Waals surface area contributed by atoms with Crippen LogP contribution in [0.1, 0.15) is 24.1 Å². The van der Waals surface area contributed by atoms with E-state index in [0.29, 0.717) is 5.88 Å². The molecule has 2 rings (SSSR count). The van der Waals surface area contributed by atoms with Gasteiger partial charge in [-0.15, -0.1) is 0 Å². The topological polar surface area (TPSA) is 48.1 Å². The summed E-state index contributed by atoms with van der Waals surface area (Å²) in [6.45, 7) is 3.96. The number of hydrogen-bond donors (Lipinski definition) is 1. The average Bonchev–Trinajstić information content (AvgIpc) is 2.30. The summed E-state index contributed by atoms with van der Waals surface area (Å²) in [6.07, 6.45) is 1.78. The molecule has 17 heavy (non-hydrogen) atoms. The first kappa shape index (κ1) is 11.6. The fraction of sp³-hybridized carbons (Fsp3) is 0.214. The SMILES string of the molecule is Cc1cc(Oc2ccccc2)ncc1[C@@H](C)N. The van der Waals surface area contributed by atoms with Crippen LogP contribution >= 0.6 is 0 Å². The highest BCUT2D eigenvalue weighted by Crippen LogP contribution is 2.22. The molecule has 2 aromatic rings. The highest BCUT2D eigenvalue weighted by atomic mass is 16.5. The van der Waals surface area contributed by atoms with Crippen LogP contribution in [0.5, 0.6) is 11.6 Å². The van der Waals surface area contributed by atoms with Gasteiger partial charge in [-0.2, -0.15) is 0 Å². The third-order valence-corrected chi connectivity index (χ3v) is 2.58. The number of rotatable bonds is 3. The maximum Gasteiger partial charge on any atom is 0.219 e. The van der Waals surface area contributed by atoms with Gasteiger partial charge in [-0.25, -0.2) is 4.98 Å². The summed E-state index contributed by atoms with van der Waals surface area (Å²) in [6, 6.07) is 11.5. The average molecular weight is 228 g/mol. The Balaban J connectivity index is 2.21. The second-order valence-corrected chi connectivity index (χ2v) is 4.08. The van der Waals surface area contributed by atoms with Gasteiger partial charge in [-0.3, -0.25) is 0 Å². The van der Waals surface area contributed by atoms with E-state index >= 15 is 0 Å². The number of pyridine rings is 1. The van der Waals surface area contributed by atoms with Crippen LogP contribution in [-0.2, 0) is 0 Å². The molecule has 0 aliphatic heterocycles. The zero-order chi connectivity index (χ0) is 12.3. The van der Waals surface area contributed by atoms with Crippen LogP contribution in [0.2, 0.25) is 0 Å². The lowest BCUT2D eigenvalue weighted by molar-refractivity contribution is 0.461. The van der Waals surface area contributed by atoms with Crippen LogP contribution in [0.25, 0.3) is 0 Å². The predicted molar refractivity (Wildman–Crippen MR) is 68.1 cm³/mol. The van der Waals surface area contributed by atoms with Crippen molar-refractivity contribution in [2.75, 3.05) is 0 Å². The van der Waals surface area contributed by atoms with Crippen LogP contribution in [0.15, 0.2) is 42.6 Å². The molecule has 0 saturated heterocycles. The molecule has 0 amide bonds. The number of nitrogens with two attached hydrogens (primary N) is 1. The molecule has 0 radical (unpaired) electrons. The van der Waals surface area contributed by atoms with Gasteiger partial charge in [0.2, 0.25) is 5.88 Å². The molecular formula is C14H16N2O. The van der Waals surface area contributed by atoms with Gasteiger partial charge < -0.3 is 10.5 Å². The van der Waals surface area contributed by atoms with Crippen molar-refractivity contribution in [1.29, 1.82) is 0 Å². The molecule has 0 aliphatic rings. The van der Waals surface area contributed by atoms with E-state index in [1.54, 1.807) is 6.20 Å². The Bertz CT molecular complexity index is 495. The quantitative estimate of drug-likeness (QED) is 0.877. The van der Waals surface area contributed by atoms with Gasteiger partial charge in [0, 0.05) is 18.3 Å². The summed E-state index contributed by atoms with van der Waals surface area (Å²) >= 11 is 0. The molecule has 0 bridgehead atoms. The third kappa shape index (κ3) is 2.82. The predicted octanol–water partition coefficient (Wildman–Crippen LogP) is 3.20. The monoisotopic (exact) mass is 228 g/mol. The van der Waals surface area contributed by atoms with Crippen LogP contribution in [0.4, 0.5) is 0 Å². The third-order valence-electron chi connectivity index (χ3n) is 2.58. The van der Waals surface area contributed by atoms with Crippen LogP contribution in [0.3, 0.4) is 0 Å². The normalized spacial score (nSPS) is 12.2. The molecule has 0 aliphatic carbocycles. The molecule has 2 N–H and O–H groups in total. The van der Waals surface area contributed by atoms with E-state index in [4.69, 9.17) is 10.5 Å². The molecule has 1 aromatic heterocycles. The zero-order valence-corrected chi connectivity index (χ0v) is 10.1. The standard InChI is InChI=1S/C14H16N2O/c1-10-8-14(16-9-13(10)11(2)15)17-12-6-4-3-5-7-12/h3-9,11H,15H2,1-2H3/t11-/m1/s1. The minimum Gasteiger partial charge on any atom is -0.439 e. The number of aryl methyl sites for hydroxylation is 1. The molecule has 0 fully saturated rings. The molecular weight excluding hydrogens is 212 g/mol. The maximum absolute atomic E-state index is 5.84. The summed E-state index contributed by atoms with van der Waals surface area (Å²) < 4.78 is 5.64. The van der Waals surface area contributed by atoms with Gasteiger partial charge in [0.05, 0.1) is 0 Å². The molecule has 3 nitrogen and oxygen atoms in total. The molecule has 1 atom stereocenters. The van der Waals surface area contributed by atoms with Crippen molar-refractivity contribution in [1.82, 2.24) is 4.98 Å². The highest BCUT2D eigenvalue weighted by molar-refractivity contribution is 5.33. The summed E-state index contributed by atoms with van der Waals surface area (Å²) in [5, 5.41) is 0. The Hall–Kier alpha value is -1.87. The molecule has 0 unspecified atom stereocenters. The lowest BCUT2D eigenvalue weighted by Crippen LogP contribution is -2.07. The maximum atomic E-state index is 5.84. The van der Waals surface area contributed by atoms with Gasteiger partial charge >= 0.3 is 0 Å².